The monoisotopic (exact) mass is 452 g/mol. The molecule has 0 aliphatic heterocycles. The topological polar surface area (TPSA) is 95.5 Å². The number of nitrogens with one attached hydrogen (secondary N) is 2. The quantitative estimate of drug-likeness (QED) is 0.585. The maximum absolute atomic E-state index is 12.5. The largest absolute Gasteiger partial charge is 0.506 e. The number of rotatable bonds is 6. The molecule has 0 unspecified atom stereocenters. The van der Waals surface area contributed by atoms with Crippen molar-refractivity contribution in [1.29, 1.82) is 0 Å². The highest BCUT2D eigenvalue weighted by atomic mass is 79.9. The summed E-state index contributed by atoms with van der Waals surface area (Å²) in [5, 5.41) is 12.3. The molecule has 0 bridgehead atoms. The number of sulfonamides is 1. The zero-order valence-corrected chi connectivity index (χ0v) is 17.1. The van der Waals surface area contributed by atoms with Gasteiger partial charge < -0.3 is 10.4 Å². The Morgan fingerprint density at radius 1 is 1.07 bits per heavy atom. The van der Waals surface area contributed by atoms with Crippen molar-refractivity contribution in [2.24, 2.45) is 0 Å². The van der Waals surface area contributed by atoms with Crippen LogP contribution >= 0.6 is 15.9 Å². The van der Waals surface area contributed by atoms with Gasteiger partial charge in [-0.15, -0.1) is 0 Å². The van der Waals surface area contributed by atoms with Crippen LogP contribution in [0.3, 0.4) is 0 Å². The van der Waals surface area contributed by atoms with E-state index < -0.39 is 10.0 Å². The Bertz CT molecular complexity index is 960. The fourth-order valence-electron chi connectivity index (χ4n) is 3.08. The molecule has 8 heteroatoms. The second-order valence-electron chi connectivity index (χ2n) is 6.50. The summed E-state index contributed by atoms with van der Waals surface area (Å²) in [5.41, 5.74) is 2.59. The number of aromatic hydroxyl groups is 1. The van der Waals surface area contributed by atoms with Gasteiger partial charge in [-0.3, -0.25) is 4.79 Å². The number of amides is 1. The van der Waals surface area contributed by atoms with Gasteiger partial charge in [0, 0.05) is 17.4 Å². The van der Waals surface area contributed by atoms with E-state index in [2.05, 4.69) is 26.0 Å². The molecular formula is C19H21BrN2O4S. The Labute approximate surface area is 167 Å². The molecule has 0 spiro atoms. The van der Waals surface area contributed by atoms with Gasteiger partial charge >= 0.3 is 0 Å². The number of fused-ring (bicyclic) bond motifs is 1. The third kappa shape index (κ3) is 5.09. The Kier molecular flexibility index (Phi) is 6.18. The zero-order chi connectivity index (χ0) is 19.4. The average Bonchev–Trinajstić information content (AvgIpc) is 2.63. The van der Waals surface area contributed by atoms with Crippen LogP contribution in [0.15, 0.2) is 45.8 Å². The molecule has 0 heterocycles. The van der Waals surface area contributed by atoms with Gasteiger partial charge in [0.15, 0.2) is 0 Å². The van der Waals surface area contributed by atoms with Crippen molar-refractivity contribution in [3.63, 3.8) is 0 Å². The van der Waals surface area contributed by atoms with E-state index in [9.17, 15) is 18.3 Å². The van der Waals surface area contributed by atoms with Gasteiger partial charge in [-0.1, -0.05) is 22.0 Å². The maximum atomic E-state index is 12.5. The van der Waals surface area contributed by atoms with Crippen LogP contribution in [-0.2, 0) is 27.7 Å². The van der Waals surface area contributed by atoms with E-state index in [4.69, 9.17) is 0 Å². The molecule has 0 saturated heterocycles. The SMILES string of the molecule is O=C(CCNS(=O)(=O)c1ccc2c(c1)CCCC2)Nc1ccc(Br)cc1O. The fourth-order valence-corrected chi connectivity index (χ4v) is 4.51. The fraction of sp³-hybridized carbons (Fsp3) is 0.316. The van der Waals surface area contributed by atoms with E-state index in [1.807, 2.05) is 6.07 Å². The van der Waals surface area contributed by atoms with Crippen LogP contribution in [0.25, 0.3) is 0 Å². The summed E-state index contributed by atoms with van der Waals surface area (Å²) in [6.07, 6.45) is 4.07. The van der Waals surface area contributed by atoms with Crippen molar-refractivity contribution in [3.8, 4) is 5.75 Å². The van der Waals surface area contributed by atoms with Gasteiger partial charge in [-0.05, 0) is 67.1 Å². The molecule has 27 heavy (non-hydrogen) atoms. The van der Waals surface area contributed by atoms with Crippen LogP contribution in [0, 0.1) is 0 Å². The second-order valence-corrected chi connectivity index (χ2v) is 9.18. The highest BCUT2D eigenvalue weighted by molar-refractivity contribution is 9.10. The maximum Gasteiger partial charge on any atom is 0.240 e. The molecule has 0 radical (unpaired) electrons. The molecule has 6 nitrogen and oxygen atoms in total. The van der Waals surface area contributed by atoms with E-state index in [0.717, 1.165) is 31.2 Å². The highest BCUT2D eigenvalue weighted by Crippen LogP contribution is 2.27. The molecule has 1 aliphatic carbocycles. The van der Waals surface area contributed by atoms with Crippen molar-refractivity contribution in [2.45, 2.75) is 37.0 Å². The minimum Gasteiger partial charge on any atom is -0.506 e. The molecule has 0 saturated carbocycles. The molecule has 2 aromatic rings. The summed E-state index contributed by atoms with van der Waals surface area (Å²) >= 11 is 3.22. The summed E-state index contributed by atoms with van der Waals surface area (Å²) in [5.74, 6) is -0.451. The zero-order valence-electron chi connectivity index (χ0n) is 14.7. The number of halogens is 1. The standard InChI is InChI=1S/C19H21BrN2O4S/c20-15-6-8-17(18(23)12-15)22-19(24)9-10-21-27(25,26)16-7-5-13-3-1-2-4-14(13)11-16/h5-8,11-12,21,23H,1-4,9-10H2,(H,22,24). The highest BCUT2D eigenvalue weighted by Gasteiger charge is 2.18. The first-order chi connectivity index (χ1) is 12.8. The number of carbonyl (C=O) groups is 1. The first-order valence-corrected chi connectivity index (χ1v) is 11.0. The number of benzene rings is 2. The van der Waals surface area contributed by atoms with Crippen molar-refractivity contribution in [2.75, 3.05) is 11.9 Å². The Balaban J connectivity index is 1.56. The van der Waals surface area contributed by atoms with Gasteiger partial charge in [0.25, 0.3) is 0 Å². The van der Waals surface area contributed by atoms with E-state index >= 15 is 0 Å². The molecule has 0 atom stereocenters. The molecule has 1 aliphatic rings. The van der Waals surface area contributed by atoms with E-state index in [-0.39, 0.29) is 35.2 Å². The van der Waals surface area contributed by atoms with Crippen molar-refractivity contribution in [1.82, 2.24) is 4.72 Å². The summed E-state index contributed by atoms with van der Waals surface area (Å²) in [6, 6.07) is 9.95. The smallest absolute Gasteiger partial charge is 0.240 e. The molecule has 3 rings (SSSR count). The molecular weight excluding hydrogens is 432 g/mol. The number of hydrogen-bond acceptors (Lipinski definition) is 4. The van der Waals surface area contributed by atoms with E-state index in [1.165, 1.54) is 11.6 Å². The minimum atomic E-state index is -3.66. The molecule has 0 aromatic heterocycles. The van der Waals surface area contributed by atoms with Crippen molar-refractivity contribution >= 4 is 37.5 Å². The van der Waals surface area contributed by atoms with Gasteiger partial charge in [-0.25, -0.2) is 13.1 Å². The molecule has 144 valence electrons. The summed E-state index contributed by atoms with van der Waals surface area (Å²) in [6.45, 7) is -0.0253. The van der Waals surface area contributed by atoms with Crippen LogP contribution in [0.5, 0.6) is 5.75 Å². The number of anilines is 1. The molecule has 3 N–H and O–H groups in total. The first-order valence-electron chi connectivity index (χ1n) is 8.75. The third-order valence-electron chi connectivity index (χ3n) is 4.51. The number of hydrogen-bond donors (Lipinski definition) is 3. The number of aryl methyl sites for hydroxylation is 2. The lowest BCUT2D eigenvalue weighted by atomic mass is 9.92. The number of phenolic OH excluding ortho intramolecular Hbond substituents is 1. The Morgan fingerprint density at radius 3 is 2.56 bits per heavy atom. The third-order valence-corrected chi connectivity index (χ3v) is 6.46. The Hall–Kier alpha value is -1.90. The lowest BCUT2D eigenvalue weighted by molar-refractivity contribution is -0.116. The lowest BCUT2D eigenvalue weighted by Gasteiger charge is -2.16. The normalized spacial score (nSPS) is 13.8. The summed E-state index contributed by atoms with van der Waals surface area (Å²) < 4.78 is 28.1. The van der Waals surface area contributed by atoms with Crippen LogP contribution in [-0.4, -0.2) is 26.0 Å². The summed E-state index contributed by atoms with van der Waals surface area (Å²) in [4.78, 5) is 12.2. The summed E-state index contributed by atoms with van der Waals surface area (Å²) in [7, 11) is -3.66. The van der Waals surface area contributed by atoms with Gasteiger partial charge in [0.1, 0.15) is 5.75 Å². The molecule has 0 fully saturated rings. The Morgan fingerprint density at radius 2 is 1.81 bits per heavy atom. The number of carbonyl (C=O) groups excluding carboxylic acids is 1. The molecule has 2 aromatic carbocycles. The predicted molar refractivity (Wildman–Crippen MR) is 107 cm³/mol. The van der Waals surface area contributed by atoms with Crippen LogP contribution in [0.1, 0.15) is 30.4 Å². The first kappa shape index (κ1) is 19.9. The lowest BCUT2D eigenvalue weighted by Crippen LogP contribution is -2.28. The van der Waals surface area contributed by atoms with Gasteiger partial charge in [-0.2, -0.15) is 0 Å². The second kappa shape index (κ2) is 8.41. The van der Waals surface area contributed by atoms with Crippen molar-refractivity contribution < 1.29 is 18.3 Å². The predicted octanol–water partition coefficient (Wildman–Crippen LogP) is 3.34. The molecule has 1 amide bonds. The van der Waals surface area contributed by atoms with Crippen LogP contribution in [0.2, 0.25) is 0 Å². The van der Waals surface area contributed by atoms with E-state index in [0.29, 0.717) is 4.47 Å². The van der Waals surface area contributed by atoms with Gasteiger partial charge in [0.2, 0.25) is 15.9 Å². The average molecular weight is 453 g/mol. The van der Waals surface area contributed by atoms with Crippen LogP contribution < -0.4 is 10.0 Å². The number of phenols is 1. The van der Waals surface area contributed by atoms with Crippen LogP contribution in [0.4, 0.5) is 5.69 Å². The van der Waals surface area contributed by atoms with Gasteiger partial charge in [0.05, 0.1) is 10.6 Å². The van der Waals surface area contributed by atoms with Crippen molar-refractivity contribution in [3.05, 3.63) is 52.0 Å². The van der Waals surface area contributed by atoms with E-state index in [1.54, 1.807) is 24.3 Å². The minimum absolute atomic E-state index is 0.0253.